The number of hydrazone groups is 1. The molecule has 2 rings (SSSR count). The minimum absolute atomic E-state index is 0.0599. The van der Waals surface area contributed by atoms with E-state index in [-0.39, 0.29) is 35.8 Å². The molecule has 2 aliphatic heterocycles. The van der Waals surface area contributed by atoms with Gasteiger partial charge < -0.3 is 5.32 Å². The summed E-state index contributed by atoms with van der Waals surface area (Å²) in [6.45, 7) is 4.10. The van der Waals surface area contributed by atoms with E-state index >= 15 is 0 Å². The van der Waals surface area contributed by atoms with Crippen molar-refractivity contribution in [1.29, 1.82) is 0 Å². The molecule has 1 saturated heterocycles. The zero-order valence-electron chi connectivity index (χ0n) is 14.5. The number of hydrogen-bond donors (Lipinski definition) is 1. The van der Waals surface area contributed by atoms with Gasteiger partial charge in [0, 0.05) is 18.9 Å². The van der Waals surface area contributed by atoms with E-state index in [0.29, 0.717) is 18.6 Å². The molecule has 8 heteroatoms. The molecule has 0 aromatic heterocycles. The molecule has 136 valence electrons. The Labute approximate surface area is 143 Å². The summed E-state index contributed by atoms with van der Waals surface area (Å²) < 4.78 is 23.2. The fourth-order valence-corrected chi connectivity index (χ4v) is 4.76. The van der Waals surface area contributed by atoms with E-state index in [9.17, 15) is 18.0 Å². The maximum absolute atomic E-state index is 12.3. The van der Waals surface area contributed by atoms with Crippen molar-refractivity contribution in [1.82, 2.24) is 10.3 Å². The van der Waals surface area contributed by atoms with E-state index < -0.39 is 15.9 Å². The minimum atomic E-state index is -3.10. The van der Waals surface area contributed by atoms with Crippen LogP contribution in [0, 0.1) is 0 Å². The number of hydrogen-bond acceptors (Lipinski definition) is 5. The average molecular weight is 357 g/mol. The van der Waals surface area contributed by atoms with Crippen LogP contribution < -0.4 is 5.32 Å². The number of rotatable bonds is 7. The Balaban J connectivity index is 1.97. The van der Waals surface area contributed by atoms with E-state index in [1.807, 2.05) is 6.92 Å². The van der Waals surface area contributed by atoms with Crippen LogP contribution in [0.4, 0.5) is 0 Å². The molecule has 0 aliphatic carbocycles. The molecule has 2 heterocycles. The largest absolute Gasteiger partial charge is 0.348 e. The number of unbranched alkanes of at least 4 members (excludes halogenated alkanes) is 2. The van der Waals surface area contributed by atoms with Crippen LogP contribution in [0.1, 0.15) is 58.8 Å². The van der Waals surface area contributed by atoms with Crippen molar-refractivity contribution in [2.75, 3.05) is 11.5 Å². The molecule has 0 bridgehead atoms. The Hall–Kier alpha value is -1.44. The summed E-state index contributed by atoms with van der Waals surface area (Å²) in [6, 6.07) is -0.378. The highest BCUT2D eigenvalue weighted by Crippen LogP contribution is 2.22. The summed E-state index contributed by atoms with van der Waals surface area (Å²) >= 11 is 0. The number of carbonyl (C=O) groups is 2. The number of nitrogens with zero attached hydrogens (tertiary/aromatic N) is 2. The fourth-order valence-electron chi connectivity index (χ4n) is 3.07. The molecule has 0 aromatic rings. The third-order valence-electron chi connectivity index (χ3n) is 4.49. The molecule has 0 aromatic carbocycles. The van der Waals surface area contributed by atoms with E-state index in [0.717, 1.165) is 25.7 Å². The highest BCUT2D eigenvalue weighted by molar-refractivity contribution is 7.91. The quantitative estimate of drug-likeness (QED) is 0.693. The summed E-state index contributed by atoms with van der Waals surface area (Å²) in [5, 5.41) is 8.34. The van der Waals surface area contributed by atoms with Crippen LogP contribution in [-0.2, 0) is 19.4 Å². The van der Waals surface area contributed by atoms with Gasteiger partial charge in [0.25, 0.3) is 5.91 Å². The lowest BCUT2D eigenvalue weighted by Crippen LogP contribution is -2.45. The van der Waals surface area contributed by atoms with Crippen molar-refractivity contribution in [3.8, 4) is 0 Å². The second-order valence-electron chi connectivity index (χ2n) is 6.71. The van der Waals surface area contributed by atoms with Crippen molar-refractivity contribution in [3.05, 3.63) is 0 Å². The van der Waals surface area contributed by atoms with Gasteiger partial charge in [-0.2, -0.15) is 5.10 Å². The van der Waals surface area contributed by atoms with E-state index in [1.165, 1.54) is 5.01 Å². The maximum atomic E-state index is 12.3. The van der Waals surface area contributed by atoms with Crippen molar-refractivity contribution >= 4 is 27.4 Å². The highest BCUT2D eigenvalue weighted by atomic mass is 32.2. The summed E-state index contributed by atoms with van der Waals surface area (Å²) in [7, 11) is -3.10. The third-order valence-corrected chi connectivity index (χ3v) is 6.24. The Morgan fingerprint density at radius 3 is 2.75 bits per heavy atom. The van der Waals surface area contributed by atoms with Gasteiger partial charge >= 0.3 is 0 Å². The molecular weight excluding hydrogens is 330 g/mol. The van der Waals surface area contributed by atoms with Crippen LogP contribution in [0.2, 0.25) is 0 Å². The first kappa shape index (κ1) is 18.9. The molecule has 1 fully saturated rings. The van der Waals surface area contributed by atoms with Crippen LogP contribution in [0.5, 0.6) is 0 Å². The third kappa shape index (κ3) is 5.03. The Morgan fingerprint density at radius 2 is 2.12 bits per heavy atom. The number of carbonyl (C=O) groups excluding carboxylic acids is 2. The number of nitrogens with one attached hydrogen (secondary N) is 1. The molecule has 24 heavy (non-hydrogen) atoms. The lowest BCUT2D eigenvalue weighted by Gasteiger charge is -2.28. The predicted octanol–water partition coefficient (Wildman–Crippen LogP) is 1.24. The Kier molecular flexibility index (Phi) is 6.37. The summed E-state index contributed by atoms with van der Waals surface area (Å²) in [5.74, 6) is -0.445. The van der Waals surface area contributed by atoms with E-state index in [1.54, 1.807) is 0 Å². The van der Waals surface area contributed by atoms with Gasteiger partial charge in [-0.1, -0.05) is 26.2 Å². The van der Waals surface area contributed by atoms with Crippen molar-refractivity contribution in [2.24, 2.45) is 5.10 Å². The molecule has 0 saturated carbocycles. The van der Waals surface area contributed by atoms with Crippen LogP contribution >= 0.6 is 0 Å². The van der Waals surface area contributed by atoms with Gasteiger partial charge in [0.1, 0.15) is 5.71 Å². The van der Waals surface area contributed by atoms with Gasteiger partial charge in [0.05, 0.1) is 17.5 Å². The molecule has 0 radical (unpaired) electrons. The zero-order valence-corrected chi connectivity index (χ0v) is 15.3. The van der Waals surface area contributed by atoms with Gasteiger partial charge in [0.2, 0.25) is 5.91 Å². The predicted molar refractivity (Wildman–Crippen MR) is 92.3 cm³/mol. The summed E-state index contributed by atoms with van der Waals surface area (Å²) in [6.07, 6.45) is 5.15. The minimum Gasteiger partial charge on any atom is -0.348 e. The molecule has 2 aliphatic rings. The van der Waals surface area contributed by atoms with Crippen molar-refractivity contribution in [3.63, 3.8) is 0 Å². The van der Waals surface area contributed by atoms with Gasteiger partial charge in [-0.15, -0.1) is 0 Å². The zero-order chi connectivity index (χ0) is 17.7. The maximum Gasteiger partial charge on any atom is 0.267 e. The SMILES string of the molecule is CCCCC[C@H](C)NC(=O)C1=NN([C@H]2CCS(=O)(=O)C2)C(=O)CC1. The van der Waals surface area contributed by atoms with Gasteiger partial charge in [0.15, 0.2) is 9.84 Å². The molecule has 2 amide bonds. The first-order valence-corrected chi connectivity index (χ1v) is 10.6. The van der Waals surface area contributed by atoms with Crippen molar-refractivity contribution in [2.45, 2.75) is 70.9 Å². The number of sulfone groups is 1. The normalized spacial score (nSPS) is 24.6. The van der Waals surface area contributed by atoms with Gasteiger partial charge in [-0.25, -0.2) is 13.4 Å². The molecular formula is C16H27N3O4S. The topological polar surface area (TPSA) is 95.9 Å². The van der Waals surface area contributed by atoms with Gasteiger partial charge in [-0.3, -0.25) is 9.59 Å². The first-order chi connectivity index (χ1) is 11.3. The first-order valence-electron chi connectivity index (χ1n) is 8.73. The fraction of sp³-hybridized carbons (Fsp3) is 0.812. The lowest BCUT2D eigenvalue weighted by atomic mass is 10.1. The van der Waals surface area contributed by atoms with Gasteiger partial charge in [-0.05, 0) is 19.8 Å². The summed E-state index contributed by atoms with van der Waals surface area (Å²) in [4.78, 5) is 24.4. The van der Waals surface area contributed by atoms with Crippen LogP contribution in [0.25, 0.3) is 0 Å². The molecule has 2 atom stereocenters. The lowest BCUT2D eigenvalue weighted by molar-refractivity contribution is -0.133. The standard InChI is InChI=1S/C16H27N3O4S/c1-3-4-5-6-12(2)17-16(21)14-7-8-15(20)19(18-14)13-9-10-24(22,23)11-13/h12-13H,3-11H2,1-2H3,(H,17,21)/t12-,13-/m0/s1. The molecule has 0 unspecified atom stereocenters. The molecule has 7 nitrogen and oxygen atoms in total. The summed E-state index contributed by atoms with van der Waals surface area (Å²) in [5.41, 5.74) is 0.321. The van der Waals surface area contributed by atoms with E-state index in [2.05, 4.69) is 17.3 Å². The second-order valence-corrected chi connectivity index (χ2v) is 8.94. The molecule has 1 N–H and O–H groups in total. The number of amides is 2. The highest BCUT2D eigenvalue weighted by Gasteiger charge is 2.37. The smallest absolute Gasteiger partial charge is 0.267 e. The average Bonchev–Trinajstić information content (AvgIpc) is 2.87. The Bertz CT molecular complexity index is 615. The van der Waals surface area contributed by atoms with Crippen LogP contribution in [-0.4, -0.2) is 54.5 Å². The monoisotopic (exact) mass is 357 g/mol. The van der Waals surface area contributed by atoms with Crippen LogP contribution in [0.15, 0.2) is 5.10 Å². The Morgan fingerprint density at radius 1 is 1.38 bits per heavy atom. The van der Waals surface area contributed by atoms with Crippen molar-refractivity contribution < 1.29 is 18.0 Å². The van der Waals surface area contributed by atoms with Crippen LogP contribution in [0.3, 0.4) is 0 Å². The van der Waals surface area contributed by atoms with E-state index in [4.69, 9.17) is 0 Å². The second kappa shape index (κ2) is 8.09. The molecule has 0 spiro atoms.